The zero-order valence-corrected chi connectivity index (χ0v) is 21.7. The van der Waals surface area contributed by atoms with Crippen molar-refractivity contribution in [3.8, 4) is 11.3 Å². The van der Waals surface area contributed by atoms with Gasteiger partial charge in [0.25, 0.3) is 0 Å². The van der Waals surface area contributed by atoms with E-state index in [4.69, 9.17) is 20.4 Å². The largest absolute Gasteiger partial charge is 0.383 e. The molecule has 7 nitrogen and oxygen atoms in total. The molecule has 3 N–H and O–H groups in total. The third-order valence-electron chi connectivity index (χ3n) is 6.93. The molecule has 1 saturated carbocycles. The van der Waals surface area contributed by atoms with Crippen LogP contribution in [-0.4, -0.2) is 45.7 Å². The van der Waals surface area contributed by atoms with E-state index in [1.807, 2.05) is 38.3 Å². The molecule has 0 atom stereocenters. The number of fused-ring (bicyclic) bond motifs is 2. The van der Waals surface area contributed by atoms with E-state index in [0.29, 0.717) is 17.8 Å². The molecule has 0 aliphatic heterocycles. The van der Waals surface area contributed by atoms with E-state index in [1.165, 1.54) is 0 Å². The summed E-state index contributed by atoms with van der Waals surface area (Å²) in [7, 11) is 1.73. The predicted octanol–water partition coefficient (Wildman–Crippen LogP) is 5.54. The number of nitrogen functional groups attached to an aromatic ring is 1. The molecule has 3 aromatic heterocycles. The third kappa shape index (κ3) is 5.05. The Morgan fingerprint density at radius 3 is 2.78 bits per heavy atom. The lowest BCUT2D eigenvalue weighted by molar-refractivity contribution is 0.183. The van der Waals surface area contributed by atoms with Crippen LogP contribution in [0.2, 0.25) is 0 Å². The molecule has 0 radical (unpaired) electrons. The van der Waals surface area contributed by atoms with Crippen LogP contribution in [0.3, 0.4) is 0 Å². The van der Waals surface area contributed by atoms with Crippen LogP contribution in [0.25, 0.3) is 33.3 Å². The Labute approximate surface area is 217 Å². The minimum atomic E-state index is 0.369. The smallest absolute Gasteiger partial charge is 0.150 e. The van der Waals surface area contributed by atoms with Crippen molar-refractivity contribution < 1.29 is 4.74 Å². The molecule has 1 aliphatic carbocycles. The van der Waals surface area contributed by atoms with Gasteiger partial charge in [-0.3, -0.25) is 4.40 Å². The molecule has 1 fully saturated rings. The lowest BCUT2D eigenvalue weighted by atomic mass is 9.79. The number of rotatable bonds is 9. The summed E-state index contributed by atoms with van der Waals surface area (Å²) in [4.78, 5) is 14.5. The van der Waals surface area contributed by atoms with Crippen molar-refractivity contribution in [2.24, 2.45) is 0 Å². The van der Waals surface area contributed by atoms with Crippen LogP contribution in [0, 0.1) is 0 Å². The molecule has 0 amide bonds. The summed E-state index contributed by atoms with van der Waals surface area (Å²) in [5.41, 5.74) is 12.0. The van der Waals surface area contributed by atoms with Gasteiger partial charge in [-0.05, 0) is 44.4 Å². The van der Waals surface area contributed by atoms with Gasteiger partial charge in [0.05, 0.1) is 17.8 Å². The molecule has 1 aliphatic rings. The highest BCUT2D eigenvalue weighted by molar-refractivity contribution is 5.91. The summed E-state index contributed by atoms with van der Waals surface area (Å²) in [5.74, 6) is 1.89. The number of nitrogens with zero attached hydrogens (tertiary/aromatic N) is 4. The Balaban J connectivity index is 1.52. The first-order valence-corrected chi connectivity index (χ1v) is 12.8. The zero-order valence-electron chi connectivity index (χ0n) is 21.7. The normalized spacial score (nSPS) is 18.4. The molecule has 5 rings (SSSR count). The van der Waals surface area contributed by atoms with Crippen molar-refractivity contribution >= 4 is 27.8 Å². The summed E-state index contributed by atoms with van der Waals surface area (Å²) in [6.45, 7) is 5.61. The summed E-state index contributed by atoms with van der Waals surface area (Å²) >= 11 is 0. The minimum absolute atomic E-state index is 0.369. The van der Waals surface area contributed by atoms with E-state index in [2.05, 4.69) is 57.2 Å². The quantitative estimate of drug-likeness (QED) is 0.234. The van der Waals surface area contributed by atoms with E-state index < -0.39 is 0 Å². The first-order chi connectivity index (χ1) is 18.1. The maximum absolute atomic E-state index is 6.40. The number of allylic oxidation sites excluding steroid dienone is 6. The third-order valence-corrected chi connectivity index (χ3v) is 6.93. The van der Waals surface area contributed by atoms with Crippen LogP contribution in [0.4, 0.5) is 5.82 Å². The number of nitrogens with two attached hydrogens (primary N) is 1. The van der Waals surface area contributed by atoms with Crippen LogP contribution in [0.1, 0.15) is 44.1 Å². The Hall–Kier alpha value is -3.81. The van der Waals surface area contributed by atoms with Crippen molar-refractivity contribution in [3.05, 3.63) is 84.6 Å². The maximum atomic E-state index is 6.40. The number of ether oxygens (including phenoxy) is 1. The topological polar surface area (TPSA) is 90.4 Å². The van der Waals surface area contributed by atoms with Crippen molar-refractivity contribution in [1.29, 1.82) is 0 Å². The Morgan fingerprint density at radius 1 is 1.16 bits per heavy atom. The van der Waals surface area contributed by atoms with Gasteiger partial charge < -0.3 is 15.8 Å². The summed E-state index contributed by atoms with van der Waals surface area (Å²) in [6.07, 6.45) is 16.0. The second-order valence-electron chi connectivity index (χ2n) is 9.41. The number of nitrogens with one attached hydrogen (secondary N) is 1. The van der Waals surface area contributed by atoms with Crippen molar-refractivity contribution in [3.63, 3.8) is 0 Å². The minimum Gasteiger partial charge on any atom is -0.383 e. The summed E-state index contributed by atoms with van der Waals surface area (Å²) in [5, 5.41) is 4.63. The highest BCUT2D eigenvalue weighted by atomic mass is 16.5. The van der Waals surface area contributed by atoms with Gasteiger partial charge >= 0.3 is 0 Å². The average Bonchev–Trinajstić information content (AvgIpc) is 3.27. The van der Waals surface area contributed by atoms with Gasteiger partial charge in [0, 0.05) is 49.0 Å². The number of benzene rings is 1. The van der Waals surface area contributed by atoms with Gasteiger partial charge in [0.1, 0.15) is 22.9 Å². The van der Waals surface area contributed by atoms with Gasteiger partial charge in [-0.1, -0.05) is 48.6 Å². The molecule has 0 spiro atoms. The van der Waals surface area contributed by atoms with E-state index in [9.17, 15) is 0 Å². The molecule has 1 aromatic carbocycles. The summed E-state index contributed by atoms with van der Waals surface area (Å²) in [6, 6.07) is 11.0. The molecular formula is C30H34N6O. The first kappa shape index (κ1) is 24.9. The average molecular weight is 495 g/mol. The van der Waals surface area contributed by atoms with Crippen LogP contribution in [0.15, 0.2) is 73.1 Å². The number of pyridine rings is 1. The fraction of sp³-hybridized carbons (Fsp3) is 0.300. The number of methoxy groups -OCH3 is 1. The lowest BCUT2D eigenvalue weighted by Crippen LogP contribution is -2.42. The van der Waals surface area contributed by atoms with E-state index in [1.54, 1.807) is 13.3 Å². The molecule has 3 heterocycles. The standard InChI is InChI=1S/C30H34N6O/c1-4-6-8-20(7-5-2)25-12-11-21-9-10-22(19-26(21)34-25)27-28-29(31)33-13-15-36(28)30(35-27)23-17-24(18-23)32-14-16-37-3/h4-13,15,19,23-24,32H,14,16-18H2,1-3H3,(H2,31,33)/b6-4-,7-5-,20-8+. The highest BCUT2D eigenvalue weighted by Crippen LogP contribution is 2.40. The number of aromatic nitrogens is 4. The first-order valence-electron chi connectivity index (χ1n) is 12.8. The van der Waals surface area contributed by atoms with E-state index in [0.717, 1.165) is 70.8 Å². The molecule has 190 valence electrons. The van der Waals surface area contributed by atoms with E-state index >= 15 is 0 Å². The SMILES string of the molecule is C\C=C/C=C(\C=C/C)c1ccc2ccc(-c3nc(C4CC(NCCOC)C4)n4ccnc(N)c34)cc2n1. The molecule has 0 saturated heterocycles. The van der Waals surface area contributed by atoms with Gasteiger partial charge in [0.2, 0.25) is 0 Å². The monoisotopic (exact) mass is 494 g/mol. The Bertz CT molecular complexity index is 1490. The highest BCUT2D eigenvalue weighted by Gasteiger charge is 2.34. The predicted molar refractivity (Wildman–Crippen MR) is 151 cm³/mol. The van der Waals surface area contributed by atoms with Gasteiger partial charge in [0.15, 0.2) is 0 Å². The molecule has 0 bridgehead atoms. The number of hydrogen-bond donors (Lipinski definition) is 2. The maximum Gasteiger partial charge on any atom is 0.150 e. The van der Waals surface area contributed by atoms with Crippen molar-refractivity contribution in [2.75, 3.05) is 26.0 Å². The molecule has 4 aromatic rings. The van der Waals surface area contributed by atoms with Crippen LogP contribution < -0.4 is 11.1 Å². The van der Waals surface area contributed by atoms with Crippen LogP contribution in [-0.2, 0) is 4.74 Å². The fourth-order valence-electron chi connectivity index (χ4n) is 4.97. The van der Waals surface area contributed by atoms with Gasteiger partial charge in [-0.25, -0.2) is 15.0 Å². The van der Waals surface area contributed by atoms with Crippen molar-refractivity contribution in [2.45, 2.75) is 38.6 Å². The number of anilines is 1. The van der Waals surface area contributed by atoms with Gasteiger partial charge in [-0.2, -0.15) is 0 Å². The Morgan fingerprint density at radius 2 is 2.00 bits per heavy atom. The van der Waals surface area contributed by atoms with E-state index in [-0.39, 0.29) is 0 Å². The second kappa shape index (κ2) is 11.1. The second-order valence-corrected chi connectivity index (χ2v) is 9.41. The number of imidazole rings is 1. The molecular weight excluding hydrogens is 460 g/mol. The lowest BCUT2D eigenvalue weighted by Gasteiger charge is -2.35. The van der Waals surface area contributed by atoms with Crippen molar-refractivity contribution in [1.82, 2.24) is 24.7 Å². The fourth-order valence-corrected chi connectivity index (χ4v) is 4.97. The van der Waals surface area contributed by atoms with Crippen LogP contribution in [0.5, 0.6) is 0 Å². The molecule has 0 unspecified atom stereocenters. The number of hydrogen-bond acceptors (Lipinski definition) is 6. The molecule has 37 heavy (non-hydrogen) atoms. The molecule has 7 heteroatoms. The summed E-state index contributed by atoms with van der Waals surface area (Å²) < 4.78 is 7.28. The van der Waals surface area contributed by atoms with Crippen LogP contribution >= 0.6 is 0 Å². The zero-order chi connectivity index (χ0) is 25.8. The Kier molecular flexibility index (Phi) is 7.44. The van der Waals surface area contributed by atoms with Gasteiger partial charge in [-0.15, -0.1) is 0 Å².